The molecule has 4 heterocycles. The van der Waals surface area contributed by atoms with Gasteiger partial charge >= 0.3 is 11.2 Å². The molecule has 9 heteroatoms. The Morgan fingerprint density at radius 3 is 2.69 bits per heavy atom. The van der Waals surface area contributed by atoms with Crippen LogP contribution in [-0.4, -0.2) is 46.1 Å². The van der Waals surface area contributed by atoms with Crippen LogP contribution in [0.5, 0.6) is 11.5 Å². The molecular weight excluding hydrogens is 378 g/mol. The fourth-order valence-corrected chi connectivity index (χ4v) is 4.60. The molecule has 1 aromatic heterocycles. The van der Waals surface area contributed by atoms with Gasteiger partial charge in [0.05, 0.1) is 4.92 Å². The fourth-order valence-electron chi connectivity index (χ4n) is 4.60. The predicted octanol–water partition coefficient (Wildman–Crippen LogP) is 1.54. The molecule has 0 aliphatic carbocycles. The SMILES string of the molecule is O=C(C1COc2ccccc2O1)N1CC2CC(C1)c1ccc([N+](=O)[O-])c(=O)n1C2. The van der Waals surface area contributed by atoms with Gasteiger partial charge in [0.2, 0.25) is 6.10 Å². The van der Waals surface area contributed by atoms with E-state index in [1.54, 1.807) is 23.1 Å². The third-order valence-electron chi connectivity index (χ3n) is 5.88. The Kier molecular flexibility index (Phi) is 4.04. The summed E-state index contributed by atoms with van der Waals surface area (Å²) in [4.78, 5) is 37.8. The van der Waals surface area contributed by atoms with Gasteiger partial charge in [0, 0.05) is 37.3 Å². The second kappa shape index (κ2) is 6.61. The fraction of sp³-hybridized carbons (Fsp3) is 0.400. The Hall–Kier alpha value is -3.36. The summed E-state index contributed by atoms with van der Waals surface area (Å²) < 4.78 is 13.0. The average molecular weight is 397 g/mol. The molecule has 29 heavy (non-hydrogen) atoms. The third kappa shape index (κ3) is 2.93. The molecule has 2 bridgehead atoms. The second-order valence-corrected chi connectivity index (χ2v) is 7.72. The van der Waals surface area contributed by atoms with Crippen molar-refractivity contribution in [2.75, 3.05) is 19.7 Å². The maximum Gasteiger partial charge on any atom is 0.334 e. The molecule has 0 saturated carbocycles. The number of benzene rings is 1. The van der Waals surface area contributed by atoms with Crippen molar-refractivity contribution in [1.29, 1.82) is 0 Å². The van der Waals surface area contributed by atoms with Crippen molar-refractivity contribution in [2.45, 2.75) is 25.0 Å². The minimum atomic E-state index is -0.706. The highest BCUT2D eigenvalue weighted by Gasteiger charge is 2.40. The lowest BCUT2D eigenvalue weighted by atomic mass is 9.83. The largest absolute Gasteiger partial charge is 0.485 e. The van der Waals surface area contributed by atoms with E-state index in [1.807, 2.05) is 12.1 Å². The van der Waals surface area contributed by atoms with E-state index in [0.717, 1.165) is 12.1 Å². The molecular formula is C20H19N3O6. The summed E-state index contributed by atoms with van der Waals surface area (Å²) in [6.45, 7) is 1.48. The van der Waals surface area contributed by atoms with E-state index >= 15 is 0 Å². The highest BCUT2D eigenvalue weighted by molar-refractivity contribution is 5.82. The van der Waals surface area contributed by atoms with Gasteiger partial charge in [0.1, 0.15) is 6.61 Å². The monoisotopic (exact) mass is 397 g/mol. The highest BCUT2D eigenvalue weighted by Crippen LogP contribution is 2.37. The maximum absolute atomic E-state index is 13.1. The van der Waals surface area contributed by atoms with Crippen LogP contribution in [0, 0.1) is 16.0 Å². The second-order valence-electron chi connectivity index (χ2n) is 7.72. The molecule has 5 rings (SSSR count). The number of pyridine rings is 1. The summed E-state index contributed by atoms with van der Waals surface area (Å²) >= 11 is 0. The van der Waals surface area contributed by atoms with E-state index < -0.39 is 22.3 Å². The van der Waals surface area contributed by atoms with Crippen LogP contribution in [0.1, 0.15) is 18.0 Å². The van der Waals surface area contributed by atoms with Crippen molar-refractivity contribution >= 4 is 11.6 Å². The Balaban J connectivity index is 1.37. The third-order valence-corrected chi connectivity index (χ3v) is 5.88. The minimum Gasteiger partial charge on any atom is -0.485 e. The number of nitrogens with zero attached hydrogens (tertiary/aromatic N) is 3. The van der Waals surface area contributed by atoms with Gasteiger partial charge in [-0.1, -0.05) is 12.1 Å². The normalized spacial score (nSPS) is 24.6. The number of amides is 1. The van der Waals surface area contributed by atoms with Crippen LogP contribution < -0.4 is 15.0 Å². The van der Waals surface area contributed by atoms with Crippen LogP contribution >= 0.6 is 0 Å². The Morgan fingerprint density at radius 2 is 1.90 bits per heavy atom. The van der Waals surface area contributed by atoms with Crippen LogP contribution in [0.25, 0.3) is 0 Å². The Bertz CT molecular complexity index is 1060. The minimum absolute atomic E-state index is 0.0308. The van der Waals surface area contributed by atoms with Crippen LogP contribution in [-0.2, 0) is 11.3 Å². The zero-order valence-corrected chi connectivity index (χ0v) is 15.5. The average Bonchev–Trinajstić information content (AvgIpc) is 2.73. The summed E-state index contributed by atoms with van der Waals surface area (Å²) in [6, 6.07) is 10.2. The van der Waals surface area contributed by atoms with Gasteiger partial charge in [0.15, 0.2) is 11.5 Å². The molecule has 3 atom stereocenters. The van der Waals surface area contributed by atoms with E-state index in [2.05, 4.69) is 0 Å². The highest BCUT2D eigenvalue weighted by atomic mass is 16.6. The molecule has 0 spiro atoms. The van der Waals surface area contributed by atoms with Gasteiger partial charge in [-0.25, -0.2) is 0 Å². The van der Waals surface area contributed by atoms with Crippen LogP contribution in [0.15, 0.2) is 41.2 Å². The molecule has 0 N–H and O–H groups in total. The molecule has 2 aromatic rings. The number of likely N-dealkylation sites (tertiary alicyclic amines) is 1. The number of piperidine rings is 1. The van der Waals surface area contributed by atoms with Crippen molar-refractivity contribution in [3.63, 3.8) is 0 Å². The molecule has 1 aromatic carbocycles. The van der Waals surface area contributed by atoms with Crippen molar-refractivity contribution in [3.05, 3.63) is 62.6 Å². The maximum atomic E-state index is 13.1. The Morgan fingerprint density at radius 1 is 1.10 bits per heavy atom. The Labute approximate surface area is 165 Å². The van der Waals surface area contributed by atoms with Crippen LogP contribution in [0.2, 0.25) is 0 Å². The number of fused-ring (bicyclic) bond motifs is 5. The standard InChI is InChI=1S/C20H19N3O6/c24-19-15(23(26)27)6-5-14-13-7-12(9-22(14)19)8-21(10-13)20(25)18-11-28-16-3-1-2-4-17(16)29-18/h1-6,12-13,18H,7-11H2. The van der Waals surface area contributed by atoms with Gasteiger partial charge < -0.3 is 18.9 Å². The number of nitro groups is 1. The van der Waals surface area contributed by atoms with E-state index in [4.69, 9.17) is 9.47 Å². The van der Waals surface area contributed by atoms with Gasteiger partial charge in [0.25, 0.3) is 5.91 Å². The first kappa shape index (κ1) is 17.7. The first-order chi connectivity index (χ1) is 14.0. The lowest BCUT2D eigenvalue weighted by Crippen LogP contribution is -2.54. The lowest BCUT2D eigenvalue weighted by molar-refractivity contribution is -0.386. The molecule has 9 nitrogen and oxygen atoms in total. The lowest BCUT2D eigenvalue weighted by Gasteiger charge is -2.43. The summed E-state index contributed by atoms with van der Waals surface area (Å²) in [5.74, 6) is 1.09. The number of hydrogen-bond donors (Lipinski definition) is 0. The number of para-hydroxylation sites is 2. The number of aromatic nitrogens is 1. The predicted molar refractivity (Wildman–Crippen MR) is 101 cm³/mol. The van der Waals surface area contributed by atoms with Crippen molar-refractivity contribution < 1.29 is 19.2 Å². The zero-order chi connectivity index (χ0) is 20.1. The van der Waals surface area contributed by atoms with Crippen molar-refractivity contribution in [2.24, 2.45) is 5.92 Å². The van der Waals surface area contributed by atoms with Gasteiger partial charge in [-0.2, -0.15) is 0 Å². The summed E-state index contributed by atoms with van der Waals surface area (Å²) in [5, 5.41) is 11.1. The summed E-state index contributed by atoms with van der Waals surface area (Å²) in [6.07, 6.45) is 0.147. The van der Waals surface area contributed by atoms with E-state index in [0.29, 0.717) is 31.1 Å². The van der Waals surface area contributed by atoms with E-state index in [-0.39, 0.29) is 24.3 Å². The molecule has 1 saturated heterocycles. The molecule has 1 amide bonds. The number of carbonyl (C=O) groups is 1. The molecule has 3 aliphatic rings. The first-order valence-corrected chi connectivity index (χ1v) is 9.56. The number of ether oxygens (including phenoxy) is 2. The van der Waals surface area contributed by atoms with Crippen LogP contribution in [0.3, 0.4) is 0 Å². The van der Waals surface area contributed by atoms with Crippen molar-refractivity contribution in [1.82, 2.24) is 9.47 Å². The smallest absolute Gasteiger partial charge is 0.334 e. The van der Waals surface area contributed by atoms with Gasteiger partial charge in [-0.15, -0.1) is 0 Å². The topological polar surface area (TPSA) is 104 Å². The molecule has 0 radical (unpaired) electrons. The molecule has 3 aliphatic heterocycles. The quantitative estimate of drug-likeness (QED) is 0.562. The van der Waals surface area contributed by atoms with Gasteiger partial charge in [-0.3, -0.25) is 19.7 Å². The molecule has 150 valence electrons. The summed E-state index contributed by atoms with van der Waals surface area (Å²) in [5.41, 5.74) is -0.226. The van der Waals surface area contributed by atoms with E-state index in [1.165, 1.54) is 10.6 Å². The molecule has 1 fully saturated rings. The van der Waals surface area contributed by atoms with Crippen LogP contribution in [0.4, 0.5) is 5.69 Å². The van der Waals surface area contributed by atoms with Gasteiger partial charge in [-0.05, 0) is 30.5 Å². The number of hydrogen-bond acceptors (Lipinski definition) is 6. The number of rotatable bonds is 2. The number of carbonyl (C=O) groups excluding carboxylic acids is 1. The summed E-state index contributed by atoms with van der Waals surface area (Å²) in [7, 11) is 0. The molecule has 3 unspecified atom stereocenters. The zero-order valence-electron chi connectivity index (χ0n) is 15.5. The van der Waals surface area contributed by atoms with E-state index in [9.17, 15) is 19.7 Å². The first-order valence-electron chi connectivity index (χ1n) is 9.56. The van der Waals surface area contributed by atoms with Crippen molar-refractivity contribution in [3.8, 4) is 11.5 Å².